The smallest absolute Gasteiger partial charge is 0.266 e. The van der Waals surface area contributed by atoms with Crippen LogP contribution in [0.1, 0.15) is 33.6 Å². The summed E-state index contributed by atoms with van der Waals surface area (Å²) < 4.78 is 30.2. The standard InChI is InChI=1S/C8H16NO4S/c1-7(2)4-5-8(3,9(7)10)6-14(11,12)13/h4-6H2,1-3H3,(H,11,12,13). The first-order valence-electron chi connectivity index (χ1n) is 4.50. The third-order valence-corrected chi connectivity index (χ3v) is 3.80. The molecule has 0 aromatic rings. The van der Waals surface area contributed by atoms with Crippen molar-refractivity contribution in [1.29, 1.82) is 0 Å². The molecule has 0 aliphatic carbocycles. The summed E-state index contributed by atoms with van der Waals surface area (Å²) in [7, 11) is -4.09. The molecular weight excluding hydrogens is 206 g/mol. The van der Waals surface area contributed by atoms with Crippen molar-refractivity contribution in [3.63, 3.8) is 0 Å². The average Bonchev–Trinajstić information content (AvgIpc) is 2.12. The first-order valence-corrected chi connectivity index (χ1v) is 6.10. The van der Waals surface area contributed by atoms with Gasteiger partial charge >= 0.3 is 0 Å². The summed E-state index contributed by atoms with van der Waals surface area (Å²) >= 11 is 0. The van der Waals surface area contributed by atoms with Gasteiger partial charge in [-0.2, -0.15) is 8.42 Å². The van der Waals surface area contributed by atoms with E-state index in [4.69, 9.17) is 4.55 Å². The Bertz CT molecular complexity index is 324. The first kappa shape index (κ1) is 11.9. The van der Waals surface area contributed by atoms with E-state index in [-0.39, 0.29) is 0 Å². The predicted molar refractivity (Wildman–Crippen MR) is 50.7 cm³/mol. The maximum absolute atomic E-state index is 11.8. The Hall–Kier alpha value is -0.170. The van der Waals surface area contributed by atoms with Crippen LogP contribution in [-0.2, 0) is 15.3 Å². The van der Waals surface area contributed by atoms with Gasteiger partial charge in [-0.15, -0.1) is 10.3 Å². The molecule has 0 aromatic carbocycles. The van der Waals surface area contributed by atoms with Gasteiger partial charge in [0.1, 0.15) is 0 Å². The minimum Gasteiger partial charge on any atom is -0.285 e. The largest absolute Gasteiger partial charge is 0.285 e. The van der Waals surface area contributed by atoms with Crippen LogP contribution in [0.4, 0.5) is 0 Å². The highest BCUT2D eigenvalue weighted by Crippen LogP contribution is 2.39. The fraction of sp³-hybridized carbons (Fsp3) is 1.00. The summed E-state index contributed by atoms with van der Waals surface area (Å²) in [5.41, 5.74) is -1.53. The maximum atomic E-state index is 11.8. The molecule has 0 bridgehead atoms. The van der Waals surface area contributed by atoms with Crippen molar-refractivity contribution in [2.45, 2.75) is 44.7 Å². The highest BCUT2D eigenvalue weighted by Gasteiger charge is 2.50. The molecule has 1 saturated heterocycles. The summed E-state index contributed by atoms with van der Waals surface area (Å²) in [6.45, 7) is 5.12. The molecule has 1 aliphatic heterocycles. The number of hydrogen-bond acceptors (Lipinski definition) is 3. The van der Waals surface area contributed by atoms with Crippen molar-refractivity contribution in [2.24, 2.45) is 0 Å². The molecule has 1 radical (unpaired) electrons. The lowest BCUT2D eigenvalue weighted by molar-refractivity contribution is -0.243. The van der Waals surface area contributed by atoms with Gasteiger partial charge < -0.3 is 0 Å². The van der Waals surface area contributed by atoms with Crippen molar-refractivity contribution in [3.8, 4) is 0 Å². The minimum atomic E-state index is -4.09. The fourth-order valence-corrected chi connectivity index (χ4v) is 3.08. The van der Waals surface area contributed by atoms with E-state index in [1.165, 1.54) is 0 Å². The Morgan fingerprint density at radius 2 is 1.79 bits per heavy atom. The maximum Gasteiger partial charge on any atom is 0.266 e. The lowest BCUT2D eigenvalue weighted by Gasteiger charge is -2.33. The molecule has 0 aromatic heterocycles. The van der Waals surface area contributed by atoms with Crippen LogP contribution in [0.5, 0.6) is 0 Å². The van der Waals surface area contributed by atoms with Gasteiger partial charge in [0, 0.05) is 5.54 Å². The summed E-state index contributed by atoms with van der Waals surface area (Å²) in [5, 5.41) is 12.6. The van der Waals surface area contributed by atoms with Gasteiger partial charge in [0.25, 0.3) is 10.1 Å². The van der Waals surface area contributed by atoms with E-state index in [0.29, 0.717) is 12.8 Å². The zero-order chi connectivity index (χ0) is 11.2. The topological polar surface area (TPSA) is 77.5 Å². The Balaban J connectivity index is 2.89. The molecule has 5 nitrogen and oxygen atoms in total. The van der Waals surface area contributed by atoms with Crippen LogP contribution in [0, 0.1) is 0 Å². The lowest BCUT2D eigenvalue weighted by atomic mass is 10.0. The molecule has 0 saturated carbocycles. The third-order valence-electron chi connectivity index (χ3n) is 2.81. The molecule has 14 heavy (non-hydrogen) atoms. The second-order valence-electron chi connectivity index (χ2n) is 4.83. The van der Waals surface area contributed by atoms with Crippen LogP contribution in [0.2, 0.25) is 0 Å². The monoisotopic (exact) mass is 222 g/mol. The van der Waals surface area contributed by atoms with Gasteiger partial charge in [-0.25, -0.2) is 0 Å². The van der Waals surface area contributed by atoms with Crippen molar-refractivity contribution >= 4 is 10.1 Å². The summed E-state index contributed by atoms with van der Waals surface area (Å²) in [6, 6.07) is 0. The molecule has 1 N–H and O–H groups in total. The van der Waals surface area contributed by atoms with Gasteiger partial charge in [0.2, 0.25) is 0 Å². The number of nitrogens with zero attached hydrogens (tertiary/aromatic N) is 1. The predicted octanol–water partition coefficient (Wildman–Crippen LogP) is 0.853. The first-order chi connectivity index (χ1) is 6.07. The zero-order valence-corrected chi connectivity index (χ0v) is 9.47. The van der Waals surface area contributed by atoms with E-state index < -0.39 is 26.9 Å². The van der Waals surface area contributed by atoms with Gasteiger partial charge in [0.05, 0.1) is 11.3 Å². The molecule has 1 heterocycles. The Morgan fingerprint density at radius 3 is 2.07 bits per heavy atom. The minimum absolute atomic E-state index is 0.489. The molecular formula is C8H16NO4S. The molecule has 6 heteroatoms. The average molecular weight is 222 g/mol. The van der Waals surface area contributed by atoms with Crippen LogP contribution < -0.4 is 0 Å². The highest BCUT2D eigenvalue weighted by atomic mass is 32.2. The van der Waals surface area contributed by atoms with Crippen molar-refractivity contribution in [2.75, 3.05) is 5.75 Å². The quantitative estimate of drug-likeness (QED) is 0.703. The number of rotatable bonds is 2. The molecule has 0 amide bonds. The zero-order valence-electron chi connectivity index (χ0n) is 8.65. The molecule has 1 fully saturated rings. The molecule has 1 unspecified atom stereocenters. The third kappa shape index (κ3) is 2.25. The van der Waals surface area contributed by atoms with E-state index in [1.54, 1.807) is 20.8 Å². The Labute approximate surface area is 84.4 Å². The highest BCUT2D eigenvalue weighted by molar-refractivity contribution is 7.85. The SMILES string of the molecule is CC1(C)CCC(C)(CS(=O)(=O)O)N1[O]. The second-order valence-corrected chi connectivity index (χ2v) is 6.28. The van der Waals surface area contributed by atoms with Gasteiger partial charge in [-0.1, -0.05) is 0 Å². The van der Waals surface area contributed by atoms with E-state index in [2.05, 4.69) is 0 Å². The number of hydrogen-bond donors (Lipinski definition) is 1. The molecule has 1 atom stereocenters. The van der Waals surface area contributed by atoms with Crippen LogP contribution in [-0.4, -0.2) is 34.9 Å². The molecule has 0 spiro atoms. The van der Waals surface area contributed by atoms with Crippen LogP contribution >= 0.6 is 0 Å². The van der Waals surface area contributed by atoms with Crippen LogP contribution in [0.15, 0.2) is 0 Å². The van der Waals surface area contributed by atoms with Gasteiger partial charge in [0.15, 0.2) is 0 Å². The molecule has 1 aliphatic rings. The van der Waals surface area contributed by atoms with Crippen molar-refractivity contribution in [3.05, 3.63) is 0 Å². The van der Waals surface area contributed by atoms with E-state index in [1.807, 2.05) is 0 Å². The van der Waals surface area contributed by atoms with E-state index in [0.717, 1.165) is 5.06 Å². The van der Waals surface area contributed by atoms with Crippen LogP contribution in [0.25, 0.3) is 0 Å². The van der Waals surface area contributed by atoms with E-state index in [9.17, 15) is 13.6 Å². The lowest BCUT2D eigenvalue weighted by Crippen LogP contribution is -2.50. The number of hydroxylamine groups is 2. The van der Waals surface area contributed by atoms with E-state index >= 15 is 0 Å². The summed E-state index contributed by atoms with van der Waals surface area (Å²) in [6.07, 6.45) is 1.13. The Morgan fingerprint density at radius 1 is 1.29 bits per heavy atom. The van der Waals surface area contributed by atoms with Crippen molar-refractivity contribution < 1.29 is 18.2 Å². The van der Waals surface area contributed by atoms with Gasteiger partial charge in [-0.05, 0) is 33.6 Å². The van der Waals surface area contributed by atoms with Crippen molar-refractivity contribution in [1.82, 2.24) is 5.06 Å². The Kier molecular flexibility index (Phi) is 2.69. The normalized spacial score (nSPS) is 33.5. The summed E-state index contributed by atoms with van der Waals surface area (Å²) in [4.78, 5) is 0. The molecule has 83 valence electrons. The molecule has 1 rings (SSSR count). The van der Waals surface area contributed by atoms with Gasteiger partial charge in [-0.3, -0.25) is 4.55 Å². The summed E-state index contributed by atoms with van der Waals surface area (Å²) in [5.74, 6) is -0.493. The van der Waals surface area contributed by atoms with Crippen LogP contribution in [0.3, 0.4) is 0 Å². The fourth-order valence-electron chi connectivity index (χ4n) is 2.03. The second kappa shape index (κ2) is 3.16.